The number of carbonyl (C=O) groups is 3. The fourth-order valence-electron chi connectivity index (χ4n) is 2.50. The quantitative estimate of drug-likeness (QED) is 0.486. The first-order valence-corrected chi connectivity index (χ1v) is 9.67. The van der Waals surface area contributed by atoms with E-state index in [-0.39, 0.29) is 28.2 Å². The van der Waals surface area contributed by atoms with Crippen molar-refractivity contribution in [2.75, 3.05) is 12.4 Å². The van der Waals surface area contributed by atoms with Crippen LogP contribution in [0.1, 0.15) is 48.4 Å². The van der Waals surface area contributed by atoms with Crippen LogP contribution in [-0.4, -0.2) is 37.0 Å². The third kappa shape index (κ3) is 5.97. The predicted molar refractivity (Wildman–Crippen MR) is 114 cm³/mol. The van der Waals surface area contributed by atoms with Crippen LogP contribution >= 0.6 is 11.6 Å². The highest BCUT2D eigenvalue weighted by molar-refractivity contribution is 6.32. The smallest absolute Gasteiger partial charge is 0.339 e. The minimum absolute atomic E-state index is 0.0749. The van der Waals surface area contributed by atoms with Crippen LogP contribution in [0.2, 0.25) is 5.02 Å². The number of rotatable bonds is 8. The van der Waals surface area contributed by atoms with Crippen LogP contribution in [0.4, 0.5) is 5.69 Å². The second-order valence-electron chi connectivity index (χ2n) is 6.83. The van der Waals surface area contributed by atoms with Crippen LogP contribution in [0.5, 0.6) is 11.5 Å². The molecule has 2 aromatic carbocycles. The largest absolute Gasteiger partial charge is 0.493 e. The number of anilines is 1. The van der Waals surface area contributed by atoms with E-state index in [0.717, 1.165) is 0 Å². The highest BCUT2D eigenvalue weighted by Gasteiger charge is 2.22. The second-order valence-corrected chi connectivity index (χ2v) is 7.23. The molecule has 7 nitrogen and oxygen atoms in total. The fourth-order valence-corrected chi connectivity index (χ4v) is 2.76. The molecular formula is C22H24ClNO6. The molecule has 1 unspecified atom stereocenters. The van der Waals surface area contributed by atoms with E-state index >= 15 is 0 Å². The summed E-state index contributed by atoms with van der Waals surface area (Å²) in [5.74, 6) is -0.719. The number of benzene rings is 2. The Morgan fingerprint density at radius 3 is 2.17 bits per heavy atom. The van der Waals surface area contributed by atoms with Gasteiger partial charge in [-0.1, -0.05) is 11.6 Å². The van der Waals surface area contributed by atoms with Crippen molar-refractivity contribution < 1.29 is 28.6 Å². The lowest BCUT2D eigenvalue weighted by Crippen LogP contribution is -2.30. The van der Waals surface area contributed by atoms with E-state index in [1.54, 1.807) is 24.3 Å². The van der Waals surface area contributed by atoms with E-state index in [1.165, 1.54) is 33.1 Å². The molecule has 0 saturated heterocycles. The number of amides is 1. The molecule has 0 fully saturated rings. The van der Waals surface area contributed by atoms with Gasteiger partial charge in [0.1, 0.15) is 0 Å². The van der Waals surface area contributed by atoms with Crippen LogP contribution in [0.25, 0.3) is 0 Å². The van der Waals surface area contributed by atoms with E-state index in [0.29, 0.717) is 17.0 Å². The van der Waals surface area contributed by atoms with E-state index in [1.807, 2.05) is 13.8 Å². The van der Waals surface area contributed by atoms with Gasteiger partial charge < -0.3 is 19.5 Å². The van der Waals surface area contributed by atoms with Crippen molar-refractivity contribution in [2.45, 2.75) is 39.9 Å². The SMILES string of the molecule is COc1cc(C(=O)OC(C)C(=O)Nc2ccc(C(C)=O)cc2)cc(Cl)c1OC(C)C. The number of hydrogen-bond donors (Lipinski definition) is 1. The maximum atomic E-state index is 12.5. The van der Waals surface area contributed by atoms with Crippen molar-refractivity contribution in [1.82, 2.24) is 0 Å². The second kappa shape index (κ2) is 10.1. The van der Waals surface area contributed by atoms with Crippen molar-refractivity contribution >= 4 is 34.9 Å². The first kappa shape index (κ1) is 23.2. The molecular weight excluding hydrogens is 410 g/mol. The number of esters is 1. The number of ketones is 1. The Hall–Kier alpha value is -3.06. The molecule has 0 aliphatic carbocycles. The molecule has 0 heterocycles. The Morgan fingerprint density at radius 2 is 1.63 bits per heavy atom. The molecule has 2 rings (SSSR count). The number of carbonyl (C=O) groups excluding carboxylic acids is 3. The Kier molecular flexibility index (Phi) is 7.83. The van der Waals surface area contributed by atoms with Gasteiger partial charge in [-0.15, -0.1) is 0 Å². The lowest BCUT2D eigenvalue weighted by molar-refractivity contribution is -0.123. The molecule has 30 heavy (non-hydrogen) atoms. The van der Waals surface area contributed by atoms with E-state index < -0.39 is 18.0 Å². The van der Waals surface area contributed by atoms with E-state index in [9.17, 15) is 14.4 Å². The van der Waals surface area contributed by atoms with E-state index in [4.69, 9.17) is 25.8 Å². The zero-order valence-corrected chi connectivity index (χ0v) is 18.2. The third-order valence-corrected chi connectivity index (χ3v) is 4.31. The van der Waals surface area contributed by atoms with Crippen molar-refractivity contribution in [3.8, 4) is 11.5 Å². The first-order valence-electron chi connectivity index (χ1n) is 9.29. The minimum Gasteiger partial charge on any atom is -0.493 e. The summed E-state index contributed by atoms with van der Waals surface area (Å²) in [7, 11) is 1.43. The molecule has 0 aliphatic heterocycles. The molecule has 0 bridgehead atoms. The maximum Gasteiger partial charge on any atom is 0.339 e. The van der Waals surface area contributed by atoms with E-state index in [2.05, 4.69) is 5.32 Å². The normalized spacial score (nSPS) is 11.6. The number of methoxy groups -OCH3 is 1. The van der Waals surface area contributed by atoms with Crippen LogP contribution in [-0.2, 0) is 9.53 Å². The average molecular weight is 434 g/mol. The Morgan fingerprint density at radius 1 is 1.00 bits per heavy atom. The van der Waals surface area contributed by atoms with Crippen molar-refractivity contribution in [1.29, 1.82) is 0 Å². The lowest BCUT2D eigenvalue weighted by atomic mass is 10.1. The van der Waals surface area contributed by atoms with Gasteiger partial charge >= 0.3 is 5.97 Å². The molecule has 1 atom stereocenters. The van der Waals surface area contributed by atoms with Gasteiger partial charge in [0, 0.05) is 11.3 Å². The first-order chi connectivity index (χ1) is 14.1. The third-order valence-electron chi connectivity index (χ3n) is 4.03. The number of hydrogen-bond acceptors (Lipinski definition) is 6. The molecule has 1 N–H and O–H groups in total. The molecule has 160 valence electrons. The predicted octanol–water partition coefficient (Wildman–Crippen LogP) is 4.52. The summed E-state index contributed by atoms with van der Waals surface area (Å²) in [6.07, 6.45) is -1.20. The standard InChI is InChI=1S/C22H24ClNO6/c1-12(2)29-20-18(23)10-16(11-19(20)28-5)22(27)30-14(4)21(26)24-17-8-6-15(7-9-17)13(3)25/h6-12,14H,1-5H3,(H,24,26). The molecule has 8 heteroatoms. The van der Waals surface area contributed by atoms with Gasteiger partial charge in [-0.25, -0.2) is 4.79 Å². The Balaban J connectivity index is 2.08. The van der Waals surface area contributed by atoms with Gasteiger partial charge in [0.15, 0.2) is 23.4 Å². The molecule has 2 aromatic rings. The molecule has 0 aromatic heterocycles. The highest BCUT2D eigenvalue weighted by atomic mass is 35.5. The van der Waals surface area contributed by atoms with Crippen LogP contribution in [0, 0.1) is 0 Å². The summed E-state index contributed by atoms with van der Waals surface area (Å²) >= 11 is 6.23. The summed E-state index contributed by atoms with van der Waals surface area (Å²) in [6, 6.07) is 9.24. The minimum atomic E-state index is -1.07. The van der Waals surface area contributed by atoms with Crippen molar-refractivity contribution in [3.05, 3.63) is 52.5 Å². The highest BCUT2D eigenvalue weighted by Crippen LogP contribution is 2.37. The van der Waals surface area contributed by atoms with Gasteiger partial charge in [0.05, 0.1) is 23.8 Å². The zero-order valence-electron chi connectivity index (χ0n) is 17.4. The van der Waals surface area contributed by atoms with Gasteiger partial charge in [-0.2, -0.15) is 0 Å². The number of ether oxygens (including phenoxy) is 3. The molecule has 0 saturated carbocycles. The monoisotopic (exact) mass is 433 g/mol. The van der Waals surface area contributed by atoms with Crippen molar-refractivity contribution in [3.63, 3.8) is 0 Å². The topological polar surface area (TPSA) is 90.9 Å². The van der Waals surface area contributed by atoms with Crippen LogP contribution in [0.15, 0.2) is 36.4 Å². The Labute approximate surface area is 180 Å². The Bertz CT molecular complexity index is 939. The zero-order chi connectivity index (χ0) is 22.4. The molecule has 0 spiro atoms. The molecule has 0 radical (unpaired) electrons. The summed E-state index contributed by atoms with van der Waals surface area (Å²) < 4.78 is 16.1. The van der Waals surface area contributed by atoms with Gasteiger partial charge in [0.2, 0.25) is 0 Å². The van der Waals surface area contributed by atoms with Crippen molar-refractivity contribution in [2.24, 2.45) is 0 Å². The maximum absolute atomic E-state index is 12.5. The van der Waals surface area contributed by atoms with Gasteiger partial charge in [-0.05, 0) is 64.1 Å². The molecule has 0 aliphatic rings. The number of Topliss-reactive ketones (excluding diaryl/α,β-unsaturated/α-hetero) is 1. The van der Waals surface area contributed by atoms with Gasteiger partial charge in [0.25, 0.3) is 5.91 Å². The summed E-state index contributed by atoms with van der Waals surface area (Å²) in [4.78, 5) is 36.1. The molecule has 1 amide bonds. The average Bonchev–Trinajstić information content (AvgIpc) is 2.69. The summed E-state index contributed by atoms with van der Waals surface area (Å²) in [5, 5.41) is 2.82. The number of halogens is 1. The number of nitrogens with one attached hydrogen (secondary N) is 1. The summed E-state index contributed by atoms with van der Waals surface area (Å²) in [5.41, 5.74) is 1.13. The van der Waals surface area contributed by atoms with Crippen LogP contribution < -0.4 is 14.8 Å². The van der Waals surface area contributed by atoms with Gasteiger partial charge in [-0.3, -0.25) is 9.59 Å². The lowest BCUT2D eigenvalue weighted by Gasteiger charge is -2.17. The summed E-state index contributed by atoms with van der Waals surface area (Å²) in [6.45, 7) is 6.59. The fraction of sp³-hybridized carbons (Fsp3) is 0.318. The van der Waals surface area contributed by atoms with Crippen LogP contribution in [0.3, 0.4) is 0 Å².